The van der Waals surface area contributed by atoms with Crippen LogP contribution in [-0.2, 0) is 22.2 Å². The van der Waals surface area contributed by atoms with Gasteiger partial charge in [0, 0.05) is 0 Å². The molecule has 0 saturated carbocycles. The molecule has 0 bridgehead atoms. The Kier molecular flexibility index (Phi) is 13.1. The molecule has 0 aromatic rings. The van der Waals surface area contributed by atoms with E-state index in [2.05, 4.69) is 6.58 Å². The molecule has 0 aliphatic rings. The second kappa shape index (κ2) is 6.70. The van der Waals surface area contributed by atoms with Gasteiger partial charge < -0.3 is 15.4 Å². The molecule has 0 atom stereocenters. The van der Waals surface area contributed by atoms with Crippen molar-refractivity contribution < 1.29 is 32.7 Å². The van der Waals surface area contributed by atoms with Gasteiger partial charge in [-0.1, -0.05) is 6.58 Å². The van der Waals surface area contributed by atoms with E-state index >= 15 is 0 Å². The Morgan fingerprint density at radius 3 is 1.75 bits per heavy atom. The molecule has 0 unspecified atom stereocenters. The largest absolute Gasteiger partial charge is 3.00 e. The normalized spacial score (nSPS) is 5.62. The van der Waals surface area contributed by atoms with Crippen LogP contribution in [0.15, 0.2) is 12.2 Å². The summed E-state index contributed by atoms with van der Waals surface area (Å²) in [5.41, 5.74) is 0.0648. The van der Waals surface area contributed by atoms with Crippen LogP contribution in [0, 0.1) is 0 Å². The summed E-state index contributed by atoms with van der Waals surface area (Å²) in [5.74, 6) is -1.19. The third-order valence-corrected chi connectivity index (χ3v) is 0.348. The first-order valence-corrected chi connectivity index (χ1v) is 1.51. The molecule has 8 heavy (non-hydrogen) atoms. The van der Waals surface area contributed by atoms with Gasteiger partial charge in [0.05, 0.1) is 5.97 Å². The van der Waals surface area contributed by atoms with Crippen molar-refractivity contribution in [3.8, 4) is 0 Å². The Hall–Kier alpha value is -0.298. The first-order chi connectivity index (χ1) is 2.64. The van der Waals surface area contributed by atoms with Gasteiger partial charge in [0.2, 0.25) is 0 Å². The van der Waals surface area contributed by atoms with Crippen molar-refractivity contribution >= 4 is 5.97 Å². The van der Waals surface area contributed by atoms with Crippen LogP contribution in [0.2, 0.25) is 0 Å². The number of carboxylic acid groups (broad SMARTS) is 1. The molecule has 3 nitrogen and oxygen atoms in total. The minimum Gasteiger partial charge on any atom is -0.870 e. The standard InChI is InChI=1S/C4H6O2.Cr.H2O/c1-3(2)4(5)6;;/h1H2,2H3,(H,5,6);;1H2/q;+3;/p-2. The van der Waals surface area contributed by atoms with E-state index in [-0.39, 0.29) is 28.4 Å². The summed E-state index contributed by atoms with van der Waals surface area (Å²) in [5, 5.41) is 9.49. The average molecular weight is 154 g/mol. The van der Waals surface area contributed by atoms with Gasteiger partial charge in [-0.25, -0.2) is 0 Å². The molecule has 0 rings (SSSR count). The monoisotopic (exact) mass is 154 g/mol. The molecule has 0 aliphatic carbocycles. The van der Waals surface area contributed by atoms with E-state index in [1.165, 1.54) is 6.92 Å². The number of rotatable bonds is 1. The topological polar surface area (TPSA) is 70.1 Å². The molecule has 0 saturated heterocycles. The maximum atomic E-state index is 9.49. The van der Waals surface area contributed by atoms with Crippen molar-refractivity contribution in [1.29, 1.82) is 0 Å². The minimum atomic E-state index is -1.19. The van der Waals surface area contributed by atoms with Crippen molar-refractivity contribution in [3.05, 3.63) is 12.2 Å². The number of aliphatic carboxylic acids is 1. The number of carbonyl (C=O) groups is 1. The van der Waals surface area contributed by atoms with E-state index in [0.717, 1.165) is 0 Å². The van der Waals surface area contributed by atoms with Crippen LogP contribution in [0.4, 0.5) is 0 Å². The predicted molar refractivity (Wildman–Crippen MR) is 21.8 cm³/mol. The summed E-state index contributed by atoms with van der Waals surface area (Å²) in [6.07, 6.45) is 0. The van der Waals surface area contributed by atoms with E-state index in [4.69, 9.17) is 0 Å². The molecule has 4 heteroatoms. The van der Waals surface area contributed by atoms with Crippen LogP contribution in [0.1, 0.15) is 6.92 Å². The van der Waals surface area contributed by atoms with Crippen molar-refractivity contribution in [2.45, 2.75) is 6.92 Å². The first kappa shape index (κ1) is 15.6. The number of hydrogen-bond acceptors (Lipinski definition) is 3. The van der Waals surface area contributed by atoms with Gasteiger partial charge in [-0.3, -0.25) is 0 Å². The third-order valence-electron chi connectivity index (χ3n) is 0.348. The molecular weight excluding hydrogens is 148 g/mol. The van der Waals surface area contributed by atoms with E-state index in [0.29, 0.717) is 0 Å². The zero-order valence-electron chi connectivity index (χ0n) is 4.38. The van der Waals surface area contributed by atoms with Gasteiger partial charge >= 0.3 is 17.4 Å². The van der Waals surface area contributed by atoms with Gasteiger partial charge in [-0.15, -0.1) is 0 Å². The maximum absolute atomic E-state index is 9.49. The second-order valence-corrected chi connectivity index (χ2v) is 1.07. The summed E-state index contributed by atoms with van der Waals surface area (Å²) in [4.78, 5) is 9.49. The molecule has 0 spiro atoms. The van der Waals surface area contributed by atoms with Crippen molar-refractivity contribution in [2.24, 2.45) is 0 Å². The summed E-state index contributed by atoms with van der Waals surface area (Å²) >= 11 is 0. The zero-order chi connectivity index (χ0) is 5.15. The van der Waals surface area contributed by atoms with Crippen molar-refractivity contribution in [2.75, 3.05) is 0 Å². The SMILES string of the molecule is C=C(C)C(=O)[O-].[Cr+3].[OH-]. The second-order valence-electron chi connectivity index (χ2n) is 1.07. The summed E-state index contributed by atoms with van der Waals surface area (Å²) in [6.45, 7) is 4.48. The molecule has 0 heterocycles. The van der Waals surface area contributed by atoms with Crippen LogP contribution in [0.3, 0.4) is 0 Å². The fourth-order valence-corrected chi connectivity index (χ4v) is 0. The Morgan fingerprint density at radius 2 is 1.75 bits per heavy atom. The molecule has 0 aromatic heterocycles. The van der Waals surface area contributed by atoms with Crippen LogP contribution in [0.5, 0.6) is 0 Å². The van der Waals surface area contributed by atoms with Gasteiger partial charge in [0.25, 0.3) is 0 Å². The molecule has 0 amide bonds. The summed E-state index contributed by atoms with van der Waals surface area (Å²) in [7, 11) is 0. The van der Waals surface area contributed by atoms with Gasteiger partial charge in [0.15, 0.2) is 0 Å². The van der Waals surface area contributed by atoms with Crippen LogP contribution >= 0.6 is 0 Å². The fourth-order valence-electron chi connectivity index (χ4n) is 0. The van der Waals surface area contributed by atoms with Crippen molar-refractivity contribution in [3.63, 3.8) is 0 Å². The quantitative estimate of drug-likeness (QED) is 0.461. The summed E-state index contributed by atoms with van der Waals surface area (Å²) in [6, 6.07) is 0. The Balaban J connectivity index is -0.000000125. The molecule has 1 radical (unpaired) electrons. The third kappa shape index (κ3) is 9.20. The molecular formula is C4H6CrO3+. The smallest absolute Gasteiger partial charge is 0.870 e. The molecule has 45 valence electrons. The Morgan fingerprint density at radius 1 is 1.62 bits per heavy atom. The van der Waals surface area contributed by atoms with Crippen LogP contribution in [-0.4, -0.2) is 11.4 Å². The first-order valence-electron chi connectivity index (χ1n) is 1.51. The number of carboxylic acids is 1. The van der Waals surface area contributed by atoms with E-state index in [1.54, 1.807) is 0 Å². The van der Waals surface area contributed by atoms with Crippen molar-refractivity contribution in [1.82, 2.24) is 0 Å². The van der Waals surface area contributed by atoms with E-state index < -0.39 is 5.97 Å². The van der Waals surface area contributed by atoms with E-state index in [9.17, 15) is 9.90 Å². The summed E-state index contributed by atoms with van der Waals surface area (Å²) < 4.78 is 0. The van der Waals surface area contributed by atoms with E-state index in [1.807, 2.05) is 0 Å². The van der Waals surface area contributed by atoms with Gasteiger partial charge in [-0.2, -0.15) is 0 Å². The van der Waals surface area contributed by atoms with Gasteiger partial charge in [-0.05, 0) is 12.5 Å². The number of carbonyl (C=O) groups excluding carboxylic acids is 1. The van der Waals surface area contributed by atoms with Crippen LogP contribution < -0.4 is 5.11 Å². The van der Waals surface area contributed by atoms with Gasteiger partial charge in [0.1, 0.15) is 0 Å². The average Bonchev–Trinajstić information content (AvgIpc) is 1.36. The minimum absolute atomic E-state index is 0. The molecule has 0 aromatic carbocycles. The fraction of sp³-hybridized carbons (Fsp3) is 0.250. The predicted octanol–water partition coefficient (Wildman–Crippen LogP) is -0.867. The molecule has 1 N–H and O–H groups in total. The van der Waals surface area contributed by atoms with Crippen LogP contribution in [0.25, 0.3) is 0 Å². The maximum Gasteiger partial charge on any atom is 3.00 e. The number of hydrogen-bond donors (Lipinski definition) is 0. The zero-order valence-corrected chi connectivity index (χ0v) is 5.65. The molecule has 0 aliphatic heterocycles. The Labute approximate surface area is 58.5 Å². The molecule has 0 fully saturated rings. The Bertz CT molecular complexity index is 77.3.